The number of nitrogens with zero attached hydrogens (tertiary/aromatic N) is 1. The van der Waals surface area contributed by atoms with Crippen LogP contribution in [-0.4, -0.2) is 92.9 Å². The minimum absolute atomic E-state index is 0.0118. The minimum Gasteiger partial charge on any atom is -0.463 e. The molecule has 14 nitrogen and oxygen atoms in total. The Morgan fingerprint density at radius 2 is 1.96 bits per heavy atom. The van der Waals surface area contributed by atoms with Gasteiger partial charge < -0.3 is 52.8 Å². The molecule has 0 amide bonds. The van der Waals surface area contributed by atoms with Crippen LogP contribution in [0.25, 0.3) is 0 Å². The molecule has 372 valence electrons. The first-order chi connectivity index (χ1) is 33.8. The van der Waals surface area contributed by atoms with Crippen molar-refractivity contribution in [1.29, 1.82) is 0 Å². The lowest BCUT2D eigenvalue weighted by atomic mass is 9.57. The molecule has 1 saturated heterocycles. The Morgan fingerprint density at radius 1 is 1.10 bits per heavy atom. The Kier molecular flexibility index (Phi) is 13.2. The fraction of sp³-hybridized carbons (Fsp3) is 0.536. The number of rotatable bonds is 11. The van der Waals surface area contributed by atoms with Gasteiger partial charge in [-0.1, -0.05) is 92.6 Å². The second-order valence-corrected chi connectivity index (χ2v) is 21.6. The third-order valence-electron chi connectivity index (χ3n) is 17.1. The number of fused-ring (bicyclic) bond motifs is 6. The highest BCUT2D eigenvalue weighted by molar-refractivity contribution is 6.33. The number of benzene rings is 1. The van der Waals surface area contributed by atoms with Crippen molar-refractivity contribution in [2.45, 2.75) is 121 Å². The van der Waals surface area contributed by atoms with Crippen LogP contribution in [0.2, 0.25) is 0 Å². The smallest absolute Gasteiger partial charge is 0.350 e. The highest BCUT2D eigenvalue weighted by Crippen LogP contribution is 2.60. The minimum atomic E-state index is -2.14. The molecule has 0 saturated carbocycles. The second kappa shape index (κ2) is 19.2. The summed E-state index contributed by atoms with van der Waals surface area (Å²) < 4.78 is 13.1. The molecule has 4 aliphatic carbocycles. The maximum absolute atomic E-state index is 15.7. The zero-order valence-electron chi connectivity index (χ0n) is 41.5. The van der Waals surface area contributed by atoms with Crippen molar-refractivity contribution in [2.24, 2.45) is 51.5 Å². The zero-order valence-corrected chi connectivity index (χ0v) is 41.5. The van der Waals surface area contributed by atoms with Crippen LogP contribution in [-0.2, 0) is 20.7 Å². The van der Waals surface area contributed by atoms with Gasteiger partial charge >= 0.3 is 5.97 Å². The summed E-state index contributed by atoms with van der Waals surface area (Å²) in [6, 6.07) is 5.27. The van der Waals surface area contributed by atoms with E-state index in [2.05, 4.69) is 93.3 Å². The Hall–Kier alpha value is -5.54. The Labute approximate surface area is 413 Å². The zero-order chi connectivity index (χ0) is 49.0. The van der Waals surface area contributed by atoms with E-state index in [1.807, 2.05) is 44.5 Å². The Morgan fingerprint density at radius 3 is 2.74 bits per heavy atom. The summed E-state index contributed by atoms with van der Waals surface area (Å²) in [7, 11) is 3.61. The van der Waals surface area contributed by atoms with Gasteiger partial charge in [-0.3, -0.25) is 14.6 Å². The first kappa shape index (κ1) is 48.1. The van der Waals surface area contributed by atoms with Gasteiger partial charge in [0.2, 0.25) is 5.78 Å². The Balaban J connectivity index is 1.02. The topological polar surface area (TPSA) is 210 Å². The lowest BCUT2D eigenvalue weighted by Gasteiger charge is -2.49. The normalized spacial score (nSPS) is 36.0. The number of Topliss-reactive ketones (excluding diaryl/α,β-unsaturated/α-hetero) is 2. The van der Waals surface area contributed by atoms with Crippen molar-refractivity contribution in [3.8, 4) is 0 Å². The highest BCUT2D eigenvalue weighted by Gasteiger charge is 2.85. The molecular weight excluding hydrogens is 879 g/mol. The van der Waals surface area contributed by atoms with Crippen molar-refractivity contribution in [1.82, 2.24) is 31.9 Å². The molecule has 12 atom stereocenters. The van der Waals surface area contributed by atoms with E-state index >= 15 is 14.4 Å². The summed E-state index contributed by atoms with van der Waals surface area (Å²) in [5.74, 6) is 0.842. The summed E-state index contributed by atoms with van der Waals surface area (Å²) >= 11 is 0. The molecule has 1 spiro atoms. The van der Waals surface area contributed by atoms with Crippen molar-refractivity contribution in [2.75, 3.05) is 33.8 Å². The van der Waals surface area contributed by atoms with Gasteiger partial charge in [0.1, 0.15) is 5.82 Å². The van der Waals surface area contributed by atoms with E-state index in [0.29, 0.717) is 48.7 Å². The number of esters is 1. The monoisotopic (exact) mass is 952 g/mol. The number of carbonyl (C=O) groups is 3. The standard InChI is InChI=1S/C56H73N9O5/c1-6-61-43-27-35-10-7-13-37-34-12-9-23-54(3,28-33-15-19-45(57)63-30-33)29-36-11-8-14-41-48(36)50(67)56(52(68)69-31-42(43)39(17-16-34)47(35)37)55(70-56,49(41)66)24-21-32(2)26-44(64-53(58)60-5)38-22-25-62-51-40(38)18-20-46(59-4)65-51/h7-8,10-11,14-17,19,21-22,27,30,34,37,39,42-47,59,61-63,65H,6,9,12-13,18,20,23-26,28-29,31,57H2,1-5H3,(H3,58,60,64). The van der Waals surface area contributed by atoms with E-state index in [4.69, 9.17) is 20.9 Å². The first-order valence-electron chi connectivity index (χ1n) is 25.9. The molecule has 14 heteroatoms. The molecule has 6 heterocycles. The molecule has 12 unspecified atom stereocenters. The second-order valence-electron chi connectivity index (χ2n) is 21.6. The lowest BCUT2D eigenvalue weighted by molar-refractivity contribution is -0.150. The number of nitrogens with one attached hydrogen (secondary N) is 6. The third kappa shape index (κ3) is 8.51. The molecule has 10 aliphatic rings. The Bertz CT molecular complexity index is 2590. The van der Waals surface area contributed by atoms with Gasteiger partial charge in [0.15, 0.2) is 17.3 Å². The van der Waals surface area contributed by atoms with Crippen molar-refractivity contribution in [3.05, 3.63) is 129 Å². The SMILES string of the molecule is CCNC1C=C2C=CCC3C4C=CC(C1COC(=O)C15OC1(CC=C(C)CC(NC(N)=NC)C1=CCNC6=C1CCC(NC)N6)C(=O)c1cccc(c1C5=O)CC(C)(CC1=CNC(N)C=C1)CCC4)C23. The molecule has 6 bridgehead atoms. The van der Waals surface area contributed by atoms with Gasteiger partial charge in [0, 0.05) is 49.3 Å². The van der Waals surface area contributed by atoms with E-state index in [1.165, 1.54) is 11.1 Å². The third-order valence-corrected chi connectivity index (χ3v) is 17.1. The average Bonchev–Trinajstić information content (AvgIpc) is 4.07. The molecule has 11 rings (SSSR count). The number of ether oxygens (including phenoxy) is 2. The van der Waals surface area contributed by atoms with Crippen molar-refractivity contribution >= 4 is 23.5 Å². The molecule has 70 heavy (non-hydrogen) atoms. The van der Waals surface area contributed by atoms with Crippen LogP contribution in [0.1, 0.15) is 105 Å². The summed E-state index contributed by atoms with van der Waals surface area (Å²) in [5.41, 5.74) is 15.4. The van der Waals surface area contributed by atoms with Crippen LogP contribution in [0.3, 0.4) is 0 Å². The summed E-state index contributed by atoms with van der Waals surface area (Å²) in [6.45, 7) is 7.87. The van der Waals surface area contributed by atoms with Crippen LogP contribution in [0.4, 0.5) is 0 Å². The van der Waals surface area contributed by atoms with Crippen LogP contribution in [0.5, 0.6) is 0 Å². The maximum atomic E-state index is 15.7. The molecule has 6 aliphatic heterocycles. The molecule has 10 N–H and O–H groups in total. The molecule has 0 aromatic heterocycles. The fourth-order valence-corrected chi connectivity index (χ4v) is 13.5. The summed E-state index contributed by atoms with van der Waals surface area (Å²) in [6.07, 6.45) is 29.5. The van der Waals surface area contributed by atoms with Gasteiger partial charge in [-0.2, -0.15) is 0 Å². The number of guanidine groups is 1. The number of aliphatic imine (C=N–C) groups is 1. The summed E-state index contributed by atoms with van der Waals surface area (Å²) in [4.78, 5) is 50.6. The first-order valence-corrected chi connectivity index (χ1v) is 25.9. The lowest BCUT2D eigenvalue weighted by Crippen LogP contribution is -2.53. The van der Waals surface area contributed by atoms with Gasteiger partial charge in [-0.15, -0.1) is 0 Å². The molecule has 1 aromatic rings. The fourth-order valence-electron chi connectivity index (χ4n) is 13.5. The predicted molar refractivity (Wildman–Crippen MR) is 273 cm³/mol. The predicted octanol–water partition coefficient (Wildman–Crippen LogP) is 5.40. The quantitative estimate of drug-likeness (QED) is 0.0350. The highest BCUT2D eigenvalue weighted by atomic mass is 16.7. The average molecular weight is 952 g/mol. The van der Waals surface area contributed by atoms with E-state index < -0.39 is 23.0 Å². The van der Waals surface area contributed by atoms with E-state index in [0.717, 1.165) is 79.6 Å². The molecule has 1 aromatic carbocycles. The number of ketones is 2. The van der Waals surface area contributed by atoms with Gasteiger partial charge in [0.05, 0.1) is 25.0 Å². The maximum Gasteiger partial charge on any atom is 0.350 e. The molecular formula is C56H73N9O5. The van der Waals surface area contributed by atoms with Gasteiger partial charge in [-0.25, -0.2) is 4.79 Å². The largest absolute Gasteiger partial charge is 0.463 e. The van der Waals surface area contributed by atoms with Gasteiger partial charge in [0.25, 0.3) is 5.60 Å². The number of hydrogen-bond acceptors (Lipinski definition) is 12. The van der Waals surface area contributed by atoms with Crippen molar-refractivity contribution < 1.29 is 23.9 Å². The van der Waals surface area contributed by atoms with E-state index in [9.17, 15) is 0 Å². The van der Waals surface area contributed by atoms with Crippen molar-refractivity contribution in [3.63, 3.8) is 0 Å². The summed E-state index contributed by atoms with van der Waals surface area (Å²) in [5, 5.41) is 20.8. The number of dihydropyridines is 2. The number of nitrogens with two attached hydrogens (primary N) is 2. The number of carbonyl (C=O) groups excluding carboxylic acids is 3. The van der Waals surface area contributed by atoms with Crippen LogP contribution >= 0.6 is 0 Å². The van der Waals surface area contributed by atoms with Crippen LogP contribution < -0.4 is 43.4 Å². The number of hydrogen-bond donors (Lipinski definition) is 8. The van der Waals surface area contributed by atoms with Gasteiger partial charge in [-0.05, 0) is 135 Å². The van der Waals surface area contributed by atoms with Crippen LogP contribution in [0, 0.1) is 35.0 Å². The number of allylic oxidation sites excluding steroid dienone is 7. The number of likely N-dealkylation sites (N-methyl/N-ethyl adjacent to an activating group) is 1. The van der Waals surface area contributed by atoms with E-state index in [-0.39, 0.29) is 66.0 Å². The van der Waals surface area contributed by atoms with E-state index in [1.54, 1.807) is 13.1 Å². The van der Waals surface area contributed by atoms with Crippen LogP contribution in [0.15, 0.2) is 118 Å². The molecule has 0 radical (unpaired) electrons. The molecule has 1 fully saturated rings. The number of epoxide rings is 1.